The predicted octanol–water partition coefficient (Wildman–Crippen LogP) is 0.504. The highest BCUT2D eigenvalue weighted by Crippen LogP contribution is 2.22. The van der Waals surface area contributed by atoms with E-state index in [9.17, 15) is 9.90 Å². The van der Waals surface area contributed by atoms with Gasteiger partial charge in [0.2, 0.25) is 0 Å². The highest BCUT2D eigenvalue weighted by atomic mass is 16.3. The van der Waals surface area contributed by atoms with Crippen molar-refractivity contribution in [3.05, 3.63) is 17.0 Å². The molecule has 26 heavy (non-hydrogen) atoms. The number of nitrogens with zero attached hydrogens (tertiary/aromatic N) is 4. The van der Waals surface area contributed by atoms with Crippen molar-refractivity contribution < 1.29 is 19.8 Å². The number of carbonyl (C=O) groups is 2. The van der Waals surface area contributed by atoms with Gasteiger partial charge in [0.05, 0.1) is 18.8 Å². The number of hydrogen-bond donors (Lipinski definition) is 3. The van der Waals surface area contributed by atoms with E-state index in [1.807, 2.05) is 30.6 Å². The molecule has 1 atom stereocenters. The molecule has 9 nitrogen and oxygen atoms in total. The largest absolute Gasteiger partial charge is 0.483 e. The van der Waals surface area contributed by atoms with Crippen LogP contribution in [0.5, 0.6) is 0 Å². The van der Waals surface area contributed by atoms with Gasteiger partial charge in [0.1, 0.15) is 0 Å². The molecule has 0 spiro atoms. The van der Waals surface area contributed by atoms with Gasteiger partial charge < -0.3 is 25.3 Å². The van der Waals surface area contributed by atoms with Gasteiger partial charge in [0, 0.05) is 43.4 Å². The molecule has 1 aromatic rings. The fraction of sp³-hybridized carbons (Fsp3) is 0.706. The summed E-state index contributed by atoms with van der Waals surface area (Å²) in [6.07, 6.45) is 1.71. The summed E-state index contributed by atoms with van der Waals surface area (Å²) < 4.78 is 1.94. The van der Waals surface area contributed by atoms with Crippen molar-refractivity contribution >= 4 is 12.5 Å². The number of aliphatic hydroxyl groups excluding tert-OH is 1. The molecule has 0 saturated heterocycles. The van der Waals surface area contributed by atoms with E-state index in [-0.39, 0.29) is 19.1 Å². The zero-order valence-electron chi connectivity index (χ0n) is 16.1. The van der Waals surface area contributed by atoms with Crippen molar-refractivity contribution in [3.63, 3.8) is 0 Å². The molecule has 2 heterocycles. The Morgan fingerprint density at radius 3 is 2.65 bits per heavy atom. The van der Waals surface area contributed by atoms with Crippen LogP contribution >= 0.6 is 0 Å². The smallest absolute Gasteiger partial charge is 0.317 e. The normalized spacial score (nSPS) is 14.3. The van der Waals surface area contributed by atoms with Gasteiger partial charge in [-0.3, -0.25) is 9.48 Å². The Kier molecular flexibility index (Phi) is 9.08. The molecule has 1 aliphatic rings. The summed E-state index contributed by atoms with van der Waals surface area (Å²) in [5, 5.41) is 23.8. The molecule has 2 amide bonds. The summed E-state index contributed by atoms with van der Waals surface area (Å²) in [5.41, 5.74) is 2.86. The SMILES string of the molecule is CCn1nc(CO)c2c1CCN(C(=O)NCCC(C)N(C)C)C2.O=CO. The van der Waals surface area contributed by atoms with Gasteiger partial charge in [-0.15, -0.1) is 0 Å². The first-order valence-corrected chi connectivity index (χ1v) is 8.84. The number of aromatic nitrogens is 2. The van der Waals surface area contributed by atoms with E-state index in [0.29, 0.717) is 31.4 Å². The second kappa shape index (κ2) is 10.8. The Morgan fingerprint density at radius 2 is 2.12 bits per heavy atom. The number of urea groups is 1. The van der Waals surface area contributed by atoms with Crippen molar-refractivity contribution in [2.75, 3.05) is 27.2 Å². The van der Waals surface area contributed by atoms with Gasteiger partial charge in [0.15, 0.2) is 0 Å². The Labute approximate surface area is 154 Å². The van der Waals surface area contributed by atoms with Crippen LogP contribution in [-0.2, 0) is 30.9 Å². The molecule has 148 valence electrons. The molecule has 0 saturated carbocycles. The first-order chi connectivity index (χ1) is 12.4. The zero-order chi connectivity index (χ0) is 19.7. The molecular formula is C17H31N5O4. The van der Waals surface area contributed by atoms with Crippen molar-refractivity contribution in [1.82, 2.24) is 24.9 Å². The van der Waals surface area contributed by atoms with Gasteiger partial charge in [-0.2, -0.15) is 5.10 Å². The molecule has 0 bridgehead atoms. The summed E-state index contributed by atoms with van der Waals surface area (Å²) in [4.78, 5) is 24.7. The van der Waals surface area contributed by atoms with Crippen molar-refractivity contribution in [3.8, 4) is 0 Å². The van der Waals surface area contributed by atoms with Gasteiger partial charge in [0.25, 0.3) is 6.47 Å². The maximum Gasteiger partial charge on any atom is 0.317 e. The second-order valence-electron chi connectivity index (χ2n) is 6.46. The fourth-order valence-electron chi connectivity index (χ4n) is 2.88. The van der Waals surface area contributed by atoms with Gasteiger partial charge >= 0.3 is 6.03 Å². The minimum atomic E-state index is -0.250. The van der Waals surface area contributed by atoms with E-state index >= 15 is 0 Å². The van der Waals surface area contributed by atoms with Gasteiger partial charge in [-0.05, 0) is 34.4 Å². The highest BCUT2D eigenvalue weighted by molar-refractivity contribution is 5.74. The lowest BCUT2D eigenvalue weighted by Gasteiger charge is -2.28. The van der Waals surface area contributed by atoms with Crippen molar-refractivity contribution in [1.29, 1.82) is 0 Å². The molecular weight excluding hydrogens is 338 g/mol. The Morgan fingerprint density at radius 1 is 1.46 bits per heavy atom. The number of hydrogen-bond acceptors (Lipinski definition) is 5. The summed E-state index contributed by atoms with van der Waals surface area (Å²) in [7, 11) is 4.08. The average molecular weight is 369 g/mol. The molecule has 1 aliphatic heterocycles. The highest BCUT2D eigenvalue weighted by Gasteiger charge is 2.26. The van der Waals surface area contributed by atoms with E-state index in [1.165, 1.54) is 0 Å². The lowest BCUT2D eigenvalue weighted by molar-refractivity contribution is -0.122. The number of aliphatic hydroxyl groups is 1. The molecule has 0 radical (unpaired) electrons. The Hall–Kier alpha value is -2.13. The van der Waals surface area contributed by atoms with Crippen molar-refractivity contribution in [2.45, 2.75) is 52.4 Å². The number of rotatable bonds is 6. The number of nitrogens with one attached hydrogen (secondary N) is 1. The molecule has 1 unspecified atom stereocenters. The summed E-state index contributed by atoms with van der Waals surface area (Å²) in [6, 6.07) is 0.404. The van der Waals surface area contributed by atoms with Gasteiger partial charge in [-0.25, -0.2) is 4.79 Å². The third-order valence-electron chi connectivity index (χ3n) is 4.67. The summed E-state index contributed by atoms with van der Waals surface area (Å²) in [6.45, 7) is 6.54. The van der Waals surface area contributed by atoms with E-state index in [2.05, 4.69) is 22.2 Å². The van der Waals surface area contributed by atoms with Crippen LogP contribution in [-0.4, -0.2) is 75.5 Å². The number of fused-ring (bicyclic) bond motifs is 1. The zero-order valence-corrected chi connectivity index (χ0v) is 16.1. The molecule has 2 rings (SSSR count). The average Bonchev–Trinajstić information content (AvgIpc) is 2.99. The molecule has 0 fully saturated rings. The van der Waals surface area contributed by atoms with E-state index in [4.69, 9.17) is 9.90 Å². The standard InChI is InChI=1S/C16H29N5O2.CH2O2/c1-5-21-15-7-9-20(10-13(15)14(11-22)18-21)16(23)17-8-6-12(2)19(3)4;2-1-3/h12,22H,5-11H2,1-4H3,(H,17,23);1H,(H,2,3). The minimum absolute atomic E-state index is 0.0326. The third-order valence-corrected chi connectivity index (χ3v) is 4.67. The Bertz CT molecular complexity index is 588. The van der Waals surface area contributed by atoms with Crippen LogP contribution in [0.4, 0.5) is 4.79 Å². The Balaban J connectivity index is 0.00000105. The third kappa shape index (κ3) is 5.70. The van der Waals surface area contributed by atoms with Crippen molar-refractivity contribution in [2.24, 2.45) is 0 Å². The molecule has 0 aliphatic carbocycles. The topological polar surface area (TPSA) is 111 Å². The lowest BCUT2D eigenvalue weighted by atomic mass is 10.1. The van der Waals surface area contributed by atoms with Crippen LogP contribution < -0.4 is 5.32 Å². The minimum Gasteiger partial charge on any atom is -0.483 e. The van der Waals surface area contributed by atoms with E-state index in [1.54, 1.807) is 0 Å². The molecule has 9 heteroatoms. The predicted molar refractivity (Wildman–Crippen MR) is 97.8 cm³/mol. The monoisotopic (exact) mass is 369 g/mol. The molecule has 3 N–H and O–H groups in total. The van der Waals surface area contributed by atoms with Crippen LogP contribution in [0.15, 0.2) is 0 Å². The first-order valence-electron chi connectivity index (χ1n) is 8.84. The van der Waals surface area contributed by atoms with Crippen LogP contribution in [0.3, 0.4) is 0 Å². The van der Waals surface area contributed by atoms with Crippen LogP contribution in [0.25, 0.3) is 0 Å². The van der Waals surface area contributed by atoms with Crippen LogP contribution in [0.2, 0.25) is 0 Å². The molecule has 1 aromatic heterocycles. The summed E-state index contributed by atoms with van der Waals surface area (Å²) in [5.74, 6) is 0. The second-order valence-corrected chi connectivity index (χ2v) is 6.46. The van der Waals surface area contributed by atoms with Gasteiger partial charge in [-0.1, -0.05) is 0 Å². The van der Waals surface area contributed by atoms with Crippen LogP contribution in [0.1, 0.15) is 37.2 Å². The number of aryl methyl sites for hydroxylation is 1. The number of amides is 2. The van der Waals surface area contributed by atoms with E-state index < -0.39 is 0 Å². The summed E-state index contributed by atoms with van der Waals surface area (Å²) >= 11 is 0. The lowest BCUT2D eigenvalue weighted by Crippen LogP contribution is -2.44. The van der Waals surface area contributed by atoms with E-state index in [0.717, 1.165) is 30.6 Å². The quantitative estimate of drug-likeness (QED) is 0.630. The maximum absolute atomic E-state index is 12.3. The maximum atomic E-state index is 12.3. The number of carbonyl (C=O) groups excluding carboxylic acids is 1. The first kappa shape index (κ1) is 21.9. The fourth-order valence-corrected chi connectivity index (χ4v) is 2.88. The number of carboxylic acid groups (broad SMARTS) is 1. The molecule has 0 aromatic carbocycles. The van der Waals surface area contributed by atoms with Crippen LogP contribution in [0, 0.1) is 0 Å².